The maximum atomic E-state index is 9.32. The summed E-state index contributed by atoms with van der Waals surface area (Å²) in [6, 6.07) is 4.09. The normalized spacial score (nSPS) is 11.3. The van der Waals surface area contributed by atoms with E-state index in [9.17, 15) is 5.11 Å². The van der Waals surface area contributed by atoms with Crippen LogP contribution in [0.1, 0.15) is 44.9 Å². The molecule has 0 fully saturated rings. The number of hydrogen-bond acceptors (Lipinski definition) is 4. The molecule has 4 nitrogen and oxygen atoms in total. The Kier molecular flexibility index (Phi) is 5.56. The van der Waals surface area contributed by atoms with Crippen LogP contribution in [-0.2, 0) is 6.61 Å². The largest absolute Gasteiger partial charge is 0.395 e. The van der Waals surface area contributed by atoms with Crippen molar-refractivity contribution in [3.05, 3.63) is 23.4 Å². The minimum Gasteiger partial charge on any atom is -0.395 e. The summed E-state index contributed by atoms with van der Waals surface area (Å²) in [6.07, 6.45) is 0. The predicted molar refractivity (Wildman–Crippen MR) is 73.8 cm³/mol. The summed E-state index contributed by atoms with van der Waals surface area (Å²) < 4.78 is 0. The highest BCUT2D eigenvalue weighted by Gasteiger charge is 2.14. The van der Waals surface area contributed by atoms with Crippen LogP contribution < -0.4 is 4.90 Å². The Hall–Kier alpha value is -1.13. The van der Waals surface area contributed by atoms with E-state index in [1.807, 2.05) is 17.0 Å². The summed E-state index contributed by atoms with van der Waals surface area (Å²) in [5.74, 6) is 1.15. The van der Waals surface area contributed by atoms with Crippen LogP contribution in [0.15, 0.2) is 12.1 Å². The number of aromatic nitrogens is 1. The topological polar surface area (TPSA) is 56.6 Å². The minimum atomic E-state index is 0.0142. The first-order valence-corrected chi connectivity index (χ1v) is 6.48. The smallest absolute Gasteiger partial charge is 0.129 e. The summed E-state index contributed by atoms with van der Waals surface area (Å²) in [4.78, 5) is 6.67. The fourth-order valence-electron chi connectivity index (χ4n) is 1.87. The molecule has 0 saturated heterocycles. The second kappa shape index (κ2) is 6.71. The van der Waals surface area contributed by atoms with Gasteiger partial charge >= 0.3 is 0 Å². The standard InChI is InChI=1S/C14H24N2O2/c1-10(2)13-7-12(9-18)8-14(15-13)16(5-6-17)11(3)4/h7-8,10-11,17-18H,5-6,9H2,1-4H3. The first-order valence-electron chi connectivity index (χ1n) is 6.48. The van der Waals surface area contributed by atoms with Crippen LogP contribution in [0.2, 0.25) is 0 Å². The zero-order chi connectivity index (χ0) is 13.7. The second-order valence-electron chi connectivity index (χ2n) is 5.08. The van der Waals surface area contributed by atoms with Crippen LogP contribution in [0.5, 0.6) is 0 Å². The molecule has 0 saturated carbocycles. The molecule has 0 amide bonds. The minimum absolute atomic E-state index is 0.0142. The predicted octanol–water partition coefficient (Wildman–Crippen LogP) is 1.90. The number of nitrogens with zero attached hydrogens (tertiary/aromatic N) is 2. The van der Waals surface area contributed by atoms with Crippen molar-refractivity contribution in [3.63, 3.8) is 0 Å². The average molecular weight is 252 g/mol. The fraction of sp³-hybridized carbons (Fsp3) is 0.643. The first-order chi connectivity index (χ1) is 8.49. The lowest BCUT2D eigenvalue weighted by Gasteiger charge is -2.28. The molecule has 0 bridgehead atoms. The Morgan fingerprint density at radius 2 is 1.83 bits per heavy atom. The molecule has 0 aromatic carbocycles. The molecule has 0 spiro atoms. The number of pyridine rings is 1. The van der Waals surface area contributed by atoms with Crippen molar-refractivity contribution in [1.29, 1.82) is 0 Å². The van der Waals surface area contributed by atoms with Crippen molar-refractivity contribution in [2.75, 3.05) is 18.1 Å². The number of rotatable bonds is 6. The van der Waals surface area contributed by atoms with Gasteiger partial charge in [0, 0.05) is 18.3 Å². The van der Waals surface area contributed by atoms with Crippen molar-refractivity contribution in [3.8, 4) is 0 Å². The zero-order valence-corrected chi connectivity index (χ0v) is 11.7. The molecule has 0 atom stereocenters. The van der Waals surface area contributed by atoms with Crippen LogP contribution in [0.25, 0.3) is 0 Å². The van der Waals surface area contributed by atoms with E-state index in [-0.39, 0.29) is 19.3 Å². The summed E-state index contributed by atoms with van der Waals surface area (Å²) in [5, 5.41) is 18.5. The van der Waals surface area contributed by atoms with Gasteiger partial charge in [0.05, 0.1) is 13.2 Å². The van der Waals surface area contributed by atoms with Gasteiger partial charge in [0.25, 0.3) is 0 Å². The average Bonchev–Trinajstić information content (AvgIpc) is 2.34. The van der Waals surface area contributed by atoms with Crippen molar-refractivity contribution in [2.45, 2.75) is 46.3 Å². The third-order valence-corrected chi connectivity index (χ3v) is 2.92. The van der Waals surface area contributed by atoms with Crippen LogP contribution in [0.3, 0.4) is 0 Å². The molecule has 1 aromatic heterocycles. The molecule has 1 heterocycles. The molecule has 1 aromatic rings. The summed E-state index contributed by atoms with van der Waals surface area (Å²) in [6.45, 7) is 8.96. The Morgan fingerprint density at radius 1 is 1.17 bits per heavy atom. The highest BCUT2D eigenvalue weighted by Crippen LogP contribution is 2.21. The Balaban J connectivity index is 3.15. The summed E-state index contributed by atoms with van der Waals surface area (Å²) >= 11 is 0. The Labute approximate surface area is 109 Å². The molecule has 2 N–H and O–H groups in total. The fourth-order valence-corrected chi connectivity index (χ4v) is 1.87. The molecule has 0 radical (unpaired) electrons. The van der Waals surface area contributed by atoms with Crippen molar-refractivity contribution in [2.24, 2.45) is 0 Å². The first kappa shape index (κ1) is 14.9. The molecule has 18 heavy (non-hydrogen) atoms. The van der Waals surface area contributed by atoms with Crippen LogP contribution in [0, 0.1) is 0 Å². The van der Waals surface area contributed by atoms with E-state index in [1.165, 1.54) is 0 Å². The van der Waals surface area contributed by atoms with Crippen molar-refractivity contribution in [1.82, 2.24) is 4.98 Å². The van der Waals surface area contributed by atoms with Crippen LogP contribution >= 0.6 is 0 Å². The van der Waals surface area contributed by atoms with E-state index in [4.69, 9.17) is 5.11 Å². The quantitative estimate of drug-likeness (QED) is 0.812. The molecule has 4 heteroatoms. The van der Waals surface area contributed by atoms with E-state index < -0.39 is 0 Å². The lowest BCUT2D eigenvalue weighted by atomic mass is 10.1. The van der Waals surface area contributed by atoms with E-state index in [0.29, 0.717) is 12.5 Å². The van der Waals surface area contributed by atoms with Gasteiger partial charge in [0.1, 0.15) is 5.82 Å². The van der Waals surface area contributed by atoms with Crippen molar-refractivity contribution >= 4 is 5.82 Å². The highest BCUT2D eigenvalue weighted by molar-refractivity contribution is 5.44. The molecule has 102 valence electrons. The maximum Gasteiger partial charge on any atom is 0.129 e. The van der Waals surface area contributed by atoms with E-state index in [0.717, 1.165) is 17.1 Å². The number of aliphatic hydroxyl groups excluding tert-OH is 2. The van der Waals surface area contributed by atoms with Crippen LogP contribution in [-0.4, -0.2) is 34.4 Å². The van der Waals surface area contributed by atoms with Crippen LogP contribution in [0.4, 0.5) is 5.82 Å². The summed E-state index contributed by atoms with van der Waals surface area (Å²) in [7, 11) is 0. The molecule has 0 unspecified atom stereocenters. The Morgan fingerprint density at radius 3 is 2.28 bits per heavy atom. The zero-order valence-electron chi connectivity index (χ0n) is 11.7. The Bertz CT molecular complexity index is 378. The maximum absolute atomic E-state index is 9.32. The third-order valence-electron chi connectivity index (χ3n) is 2.92. The van der Waals surface area contributed by atoms with Gasteiger partial charge in [-0.25, -0.2) is 4.98 Å². The molecular weight excluding hydrogens is 228 g/mol. The lowest BCUT2D eigenvalue weighted by molar-refractivity contribution is 0.281. The number of hydrogen-bond donors (Lipinski definition) is 2. The lowest BCUT2D eigenvalue weighted by Crippen LogP contribution is -2.34. The van der Waals surface area contributed by atoms with Gasteiger partial charge < -0.3 is 15.1 Å². The van der Waals surface area contributed by atoms with Gasteiger partial charge in [-0.1, -0.05) is 13.8 Å². The molecule has 0 aliphatic rings. The molecule has 1 rings (SSSR count). The second-order valence-corrected chi connectivity index (χ2v) is 5.08. The van der Waals surface area contributed by atoms with Gasteiger partial charge in [-0.05, 0) is 37.5 Å². The SMILES string of the molecule is CC(C)c1cc(CO)cc(N(CCO)C(C)C)n1. The third kappa shape index (κ3) is 3.68. The van der Waals surface area contributed by atoms with Crippen molar-refractivity contribution < 1.29 is 10.2 Å². The van der Waals surface area contributed by atoms with Gasteiger partial charge in [0.2, 0.25) is 0 Å². The van der Waals surface area contributed by atoms with E-state index in [1.54, 1.807) is 0 Å². The number of anilines is 1. The van der Waals surface area contributed by atoms with Gasteiger partial charge in [-0.3, -0.25) is 0 Å². The van der Waals surface area contributed by atoms with E-state index in [2.05, 4.69) is 32.7 Å². The molecule has 0 aliphatic carbocycles. The monoisotopic (exact) mass is 252 g/mol. The van der Waals surface area contributed by atoms with Gasteiger partial charge in [-0.2, -0.15) is 0 Å². The summed E-state index contributed by atoms with van der Waals surface area (Å²) in [5.41, 5.74) is 1.84. The van der Waals surface area contributed by atoms with E-state index >= 15 is 0 Å². The number of aliphatic hydroxyl groups is 2. The van der Waals surface area contributed by atoms with Gasteiger partial charge in [-0.15, -0.1) is 0 Å². The molecular formula is C14H24N2O2. The van der Waals surface area contributed by atoms with Gasteiger partial charge in [0.15, 0.2) is 0 Å². The highest BCUT2D eigenvalue weighted by atomic mass is 16.3. The molecule has 0 aliphatic heterocycles.